The van der Waals surface area contributed by atoms with Gasteiger partial charge in [0, 0.05) is 10.6 Å². The fraction of sp³-hybridized carbons (Fsp3) is 0.292. The fourth-order valence-electron chi connectivity index (χ4n) is 3.86. The first kappa shape index (κ1) is 30.4. The molecule has 0 fully saturated rings. The number of amides is 1. The lowest BCUT2D eigenvalue weighted by atomic mass is 10.2. The minimum atomic E-state index is -5.03. The second-order valence-electron chi connectivity index (χ2n) is 8.66. The third-order valence-corrected chi connectivity index (χ3v) is 5.94. The van der Waals surface area contributed by atoms with Crippen LogP contribution < -0.4 is 16.2 Å². The van der Waals surface area contributed by atoms with Gasteiger partial charge in [0.25, 0.3) is 0 Å². The Balaban J connectivity index is 1.81. The van der Waals surface area contributed by atoms with E-state index in [4.69, 9.17) is 22.1 Å². The van der Waals surface area contributed by atoms with Gasteiger partial charge in [0.05, 0.1) is 6.54 Å². The monoisotopic (exact) mass is 617 g/mol. The number of nitrogens with zero attached hydrogens (tertiary/aromatic N) is 6. The zero-order valence-electron chi connectivity index (χ0n) is 21.4. The van der Waals surface area contributed by atoms with Gasteiger partial charge in [-0.3, -0.25) is 4.57 Å². The molecule has 4 aromatic rings. The number of rotatable bonds is 10. The fourth-order valence-corrected chi connectivity index (χ4v) is 3.99. The number of benzene rings is 2. The van der Waals surface area contributed by atoms with E-state index in [-0.39, 0.29) is 34.5 Å². The van der Waals surface area contributed by atoms with E-state index in [1.165, 1.54) is 55.5 Å². The molecule has 0 aliphatic carbocycles. The van der Waals surface area contributed by atoms with Gasteiger partial charge in [-0.15, -0.1) is 10.2 Å². The van der Waals surface area contributed by atoms with Crippen molar-refractivity contribution in [1.29, 1.82) is 0 Å². The molecule has 0 aliphatic heterocycles. The lowest BCUT2D eigenvalue weighted by Crippen LogP contribution is -2.37. The van der Waals surface area contributed by atoms with E-state index < -0.39 is 49.9 Å². The molecule has 224 valence electrons. The van der Waals surface area contributed by atoms with Crippen molar-refractivity contribution in [2.45, 2.75) is 45.0 Å². The molecule has 0 saturated carbocycles. The smallest absolute Gasteiger partial charge is 0.416 e. The van der Waals surface area contributed by atoms with Crippen LogP contribution in [-0.2, 0) is 17.8 Å². The summed E-state index contributed by atoms with van der Waals surface area (Å²) in [5, 5.41) is 18.3. The van der Waals surface area contributed by atoms with Crippen molar-refractivity contribution >= 4 is 17.7 Å². The first-order valence-electron chi connectivity index (χ1n) is 11.9. The van der Waals surface area contributed by atoms with Gasteiger partial charge >= 0.3 is 24.6 Å². The van der Waals surface area contributed by atoms with E-state index in [9.17, 15) is 36.6 Å². The molecule has 0 radical (unpaired) electrons. The minimum absolute atomic E-state index is 0.0421. The van der Waals surface area contributed by atoms with Crippen molar-refractivity contribution in [3.63, 3.8) is 0 Å². The van der Waals surface area contributed by atoms with Gasteiger partial charge in [0.1, 0.15) is 12.2 Å². The van der Waals surface area contributed by atoms with Crippen LogP contribution in [0.2, 0.25) is 5.02 Å². The van der Waals surface area contributed by atoms with Crippen LogP contribution in [0.25, 0.3) is 17.1 Å². The van der Waals surface area contributed by atoms with Crippen LogP contribution >= 0.6 is 11.6 Å². The highest BCUT2D eigenvalue weighted by atomic mass is 35.5. The number of hydrogen-bond acceptors (Lipinski definition) is 8. The molecule has 0 spiro atoms. The summed E-state index contributed by atoms with van der Waals surface area (Å²) in [6.45, 7) is -3.54. The molecule has 0 aliphatic rings. The Morgan fingerprint density at radius 1 is 1.12 bits per heavy atom. The zero-order chi connectivity index (χ0) is 30.8. The Kier molecular flexibility index (Phi) is 8.81. The average molecular weight is 618 g/mol. The number of carbonyl (C=O) groups excluding carboxylic acids is 1. The number of halogens is 6. The van der Waals surface area contributed by atoms with Gasteiger partial charge in [-0.2, -0.15) is 22.0 Å². The van der Waals surface area contributed by atoms with Gasteiger partial charge < -0.3 is 20.3 Å². The number of aliphatic hydroxyl groups excluding tert-OH is 1. The van der Waals surface area contributed by atoms with Crippen molar-refractivity contribution in [2.24, 2.45) is 5.73 Å². The summed E-state index contributed by atoms with van der Waals surface area (Å²) in [7, 11) is 0. The molecule has 0 unspecified atom stereocenters. The first-order chi connectivity index (χ1) is 19.7. The molecule has 2 aromatic carbocycles. The van der Waals surface area contributed by atoms with Gasteiger partial charge in [-0.1, -0.05) is 23.7 Å². The van der Waals surface area contributed by atoms with Crippen LogP contribution in [0.1, 0.15) is 24.7 Å². The number of ether oxygens (including phenoxy) is 2. The normalized spacial score (nSPS) is 13.3. The Morgan fingerprint density at radius 3 is 2.40 bits per heavy atom. The molecule has 12 nitrogen and oxygen atoms in total. The van der Waals surface area contributed by atoms with E-state index >= 15 is 0 Å². The highest BCUT2D eigenvalue weighted by molar-refractivity contribution is 6.30. The van der Waals surface area contributed by atoms with Crippen molar-refractivity contribution in [3.8, 4) is 22.8 Å². The van der Waals surface area contributed by atoms with Crippen LogP contribution in [0.5, 0.6) is 5.75 Å². The number of aromatic nitrogens is 6. The summed E-state index contributed by atoms with van der Waals surface area (Å²) < 4.78 is 77.5. The predicted octanol–water partition coefficient (Wildman–Crippen LogP) is 3.68. The van der Waals surface area contributed by atoms with Crippen molar-refractivity contribution in [2.75, 3.05) is 0 Å². The molecule has 2 heterocycles. The van der Waals surface area contributed by atoms with Gasteiger partial charge in [-0.25, -0.2) is 23.9 Å². The maximum atomic E-state index is 13.2. The zero-order valence-corrected chi connectivity index (χ0v) is 22.1. The summed E-state index contributed by atoms with van der Waals surface area (Å²) in [4.78, 5) is 28.9. The number of aliphatic hydroxyl groups is 1. The second kappa shape index (κ2) is 12.2. The molecule has 2 aromatic heterocycles. The maximum Gasteiger partial charge on any atom is 0.416 e. The Labute approximate surface area is 237 Å². The third-order valence-electron chi connectivity index (χ3n) is 5.69. The largest absolute Gasteiger partial charge is 0.438 e. The van der Waals surface area contributed by atoms with E-state index in [0.717, 1.165) is 9.36 Å². The van der Waals surface area contributed by atoms with Gasteiger partial charge in [-0.05, 0) is 43.3 Å². The maximum absolute atomic E-state index is 13.2. The molecule has 4 rings (SSSR count). The van der Waals surface area contributed by atoms with E-state index in [2.05, 4.69) is 19.9 Å². The van der Waals surface area contributed by atoms with Crippen molar-refractivity contribution in [3.05, 3.63) is 75.7 Å². The van der Waals surface area contributed by atoms with Gasteiger partial charge in [0.15, 0.2) is 35.4 Å². The molecule has 18 heteroatoms. The predicted molar refractivity (Wildman–Crippen MR) is 135 cm³/mol. The molecule has 0 saturated heterocycles. The lowest BCUT2D eigenvalue weighted by molar-refractivity contribution is -0.207. The molecule has 0 bridgehead atoms. The summed E-state index contributed by atoms with van der Waals surface area (Å²) in [5.74, 6) is -0.834. The average Bonchev–Trinajstić information content (AvgIpc) is 3.45. The van der Waals surface area contributed by atoms with Crippen LogP contribution in [0, 0.1) is 0 Å². The van der Waals surface area contributed by atoms with E-state index in [0.29, 0.717) is 9.59 Å². The number of nitrogens with two attached hydrogens (primary N) is 1. The van der Waals surface area contributed by atoms with Crippen LogP contribution in [-0.4, -0.2) is 59.2 Å². The van der Waals surface area contributed by atoms with Crippen LogP contribution in [0.4, 0.5) is 26.7 Å². The summed E-state index contributed by atoms with van der Waals surface area (Å²) in [5.41, 5.74) is 4.23. The van der Waals surface area contributed by atoms with Crippen LogP contribution in [0.3, 0.4) is 0 Å². The number of carbonyl (C=O) groups is 1. The topological polar surface area (TPSA) is 152 Å². The number of para-hydroxylation sites is 2. The molecular weight excluding hydrogens is 597 g/mol. The molecule has 2 atom stereocenters. The van der Waals surface area contributed by atoms with E-state index in [1.807, 2.05) is 0 Å². The van der Waals surface area contributed by atoms with Gasteiger partial charge in [0.2, 0.25) is 0 Å². The SMILES string of the molecule is C[C@@H](OC(N)=O)c1nc(Cn2nc(-c3ccc(Cl)cc3)n(C[C@H](O)C(F)(F)F)c2=O)nn1-c1ccccc1OC(F)F. The molecule has 1 amide bonds. The highest BCUT2D eigenvalue weighted by Gasteiger charge is 2.39. The Hall–Kier alpha value is -4.51. The number of hydrogen-bond donors (Lipinski definition) is 2. The Morgan fingerprint density at radius 2 is 1.79 bits per heavy atom. The number of alkyl halides is 5. The van der Waals surface area contributed by atoms with E-state index in [1.54, 1.807) is 0 Å². The van der Waals surface area contributed by atoms with Crippen molar-refractivity contribution < 1.29 is 41.3 Å². The molecule has 3 N–H and O–H groups in total. The standard InChI is InChI=1S/C24H21ClF5N7O5/c1-12(41-22(31)39)19-32-18(33-37(19)15-4-2-3-5-16(15)42-21(26)27)11-36-23(40)35(10-17(38)24(28,29)30)20(34-36)13-6-8-14(25)9-7-13/h2-9,12,17,21,38H,10-11H2,1H3,(H2,31,39)/t12-,17+/m1/s1. The molecule has 42 heavy (non-hydrogen) atoms. The minimum Gasteiger partial charge on any atom is -0.438 e. The Bertz CT molecular complexity index is 1620. The lowest BCUT2D eigenvalue weighted by Gasteiger charge is -2.15. The van der Waals surface area contributed by atoms with Crippen LogP contribution in [0.15, 0.2) is 53.3 Å². The third kappa shape index (κ3) is 6.85. The summed E-state index contributed by atoms with van der Waals surface area (Å²) >= 11 is 5.90. The highest BCUT2D eigenvalue weighted by Crippen LogP contribution is 2.28. The van der Waals surface area contributed by atoms with Crippen molar-refractivity contribution in [1.82, 2.24) is 29.1 Å². The first-order valence-corrected chi connectivity index (χ1v) is 12.3. The quantitative estimate of drug-likeness (QED) is 0.256. The molecular formula is C24H21ClF5N7O5. The summed E-state index contributed by atoms with van der Waals surface area (Å²) in [6.07, 6.45) is -10.3. The summed E-state index contributed by atoms with van der Waals surface area (Å²) in [6, 6.07) is 11.2. The number of primary amides is 1. The second-order valence-corrected chi connectivity index (χ2v) is 9.10.